The smallest absolute Gasteiger partial charge is 0.368 e. The molecule has 0 aliphatic rings. The fourth-order valence-electron chi connectivity index (χ4n) is 2.26. The summed E-state index contributed by atoms with van der Waals surface area (Å²) in [7, 11) is 1.34. The van der Waals surface area contributed by atoms with E-state index in [0.29, 0.717) is 16.1 Å². The van der Waals surface area contributed by atoms with Gasteiger partial charge in [0.2, 0.25) is 5.91 Å². The highest BCUT2D eigenvalue weighted by Crippen LogP contribution is 2.28. The van der Waals surface area contributed by atoms with Crippen LogP contribution in [0.15, 0.2) is 47.1 Å². The lowest BCUT2D eigenvalue weighted by Crippen LogP contribution is -2.39. The van der Waals surface area contributed by atoms with Crippen LogP contribution in [0.4, 0.5) is 13.2 Å². The van der Waals surface area contributed by atoms with Crippen molar-refractivity contribution in [3.05, 3.63) is 63.9 Å². The Labute approximate surface area is 149 Å². The van der Waals surface area contributed by atoms with Crippen LogP contribution in [0.1, 0.15) is 27.7 Å². The summed E-state index contributed by atoms with van der Waals surface area (Å²) in [5.41, 5.74) is 4.68. The maximum Gasteiger partial charge on any atom is 0.433 e. The van der Waals surface area contributed by atoms with Gasteiger partial charge in [0.25, 0.3) is 5.91 Å². The minimum absolute atomic E-state index is 0.0863. The molecule has 0 saturated heterocycles. The van der Waals surface area contributed by atoms with Crippen LogP contribution in [0.3, 0.4) is 0 Å². The number of halogens is 4. The van der Waals surface area contributed by atoms with E-state index in [-0.39, 0.29) is 5.56 Å². The largest absolute Gasteiger partial charge is 0.433 e. The van der Waals surface area contributed by atoms with E-state index in [4.69, 9.17) is 5.73 Å². The third-order valence-electron chi connectivity index (χ3n) is 3.44. The minimum atomic E-state index is -4.60. The van der Waals surface area contributed by atoms with Crippen molar-refractivity contribution in [2.24, 2.45) is 5.73 Å². The number of hydrogen-bond acceptors (Lipinski definition) is 3. The molecule has 1 atom stereocenters. The zero-order valence-corrected chi connectivity index (χ0v) is 14.5. The van der Waals surface area contributed by atoms with Gasteiger partial charge in [-0.05, 0) is 29.8 Å². The Morgan fingerprint density at radius 3 is 2.40 bits per heavy atom. The number of alkyl halides is 3. The summed E-state index contributed by atoms with van der Waals surface area (Å²) in [6.07, 6.45) is -3.78. The lowest BCUT2D eigenvalue weighted by molar-refractivity contribution is -0.141. The summed E-state index contributed by atoms with van der Waals surface area (Å²) in [6, 6.07) is 7.30. The van der Waals surface area contributed by atoms with E-state index in [0.717, 1.165) is 17.2 Å². The molecule has 2 rings (SSSR count). The van der Waals surface area contributed by atoms with Crippen LogP contribution in [0.2, 0.25) is 0 Å². The molecule has 1 heterocycles. The number of nitrogens with zero attached hydrogens (tertiary/aromatic N) is 2. The lowest BCUT2D eigenvalue weighted by atomic mass is 10.0. The van der Waals surface area contributed by atoms with E-state index >= 15 is 0 Å². The molecule has 0 aliphatic carbocycles. The number of carbonyl (C=O) groups excluding carboxylic acids is 2. The SMILES string of the molecule is CN(C(=O)c1ccc(C(F)(F)F)nc1)[C@@H](C(N)=O)c1cccc(Br)c1. The van der Waals surface area contributed by atoms with E-state index in [2.05, 4.69) is 20.9 Å². The maximum atomic E-state index is 12.5. The Morgan fingerprint density at radius 2 is 1.92 bits per heavy atom. The predicted octanol–water partition coefficient (Wildman–Crippen LogP) is 3.16. The summed E-state index contributed by atoms with van der Waals surface area (Å²) >= 11 is 3.27. The molecule has 5 nitrogen and oxygen atoms in total. The topological polar surface area (TPSA) is 76.3 Å². The first-order chi connectivity index (χ1) is 11.6. The van der Waals surface area contributed by atoms with E-state index < -0.39 is 29.7 Å². The molecule has 0 spiro atoms. The van der Waals surface area contributed by atoms with Gasteiger partial charge in [-0.2, -0.15) is 13.2 Å². The zero-order chi connectivity index (χ0) is 18.8. The third kappa shape index (κ3) is 4.36. The molecule has 25 heavy (non-hydrogen) atoms. The standard InChI is InChI=1S/C16H13BrF3N3O2/c1-23(13(14(21)24)9-3-2-4-11(17)7-9)15(25)10-5-6-12(22-8-10)16(18,19)20/h2-8,13H,1H3,(H2,21,24)/t13-/m1/s1. The van der Waals surface area contributed by atoms with Crippen LogP contribution in [-0.2, 0) is 11.0 Å². The van der Waals surface area contributed by atoms with Gasteiger partial charge in [-0.15, -0.1) is 0 Å². The van der Waals surface area contributed by atoms with Crippen LogP contribution >= 0.6 is 15.9 Å². The Balaban J connectivity index is 2.31. The van der Waals surface area contributed by atoms with E-state index in [9.17, 15) is 22.8 Å². The van der Waals surface area contributed by atoms with Crippen molar-refractivity contribution in [1.82, 2.24) is 9.88 Å². The second-order valence-corrected chi connectivity index (χ2v) is 6.12. The highest BCUT2D eigenvalue weighted by molar-refractivity contribution is 9.10. The number of hydrogen-bond donors (Lipinski definition) is 1. The molecule has 1 aromatic carbocycles. The number of pyridine rings is 1. The van der Waals surface area contributed by atoms with Crippen LogP contribution < -0.4 is 5.73 Å². The molecule has 0 radical (unpaired) electrons. The monoisotopic (exact) mass is 415 g/mol. The normalized spacial score (nSPS) is 12.5. The molecule has 9 heteroatoms. The molecule has 1 aromatic heterocycles. The van der Waals surface area contributed by atoms with Crippen molar-refractivity contribution in [3.63, 3.8) is 0 Å². The fraction of sp³-hybridized carbons (Fsp3) is 0.188. The van der Waals surface area contributed by atoms with Crippen LogP contribution in [0.5, 0.6) is 0 Å². The predicted molar refractivity (Wildman–Crippen MR) is 87.4 cm³/mol. The molecule has 132 valence electrons. The molecule has 0 aliphatic heterocycles. The highest BCUT2D eigenvalue weighted by atomic mass is 79.9. The number of aromatic nitrogens is 1. The average Bonchev–Trinajstić information content (AvgIpc) is 2.53. The van der Waals surface area contributed by atoms with Gasteiger partial charge < -0.3 is 10.6 Å². The van der Waals surface area contributed by atoms with Crippen molar-refractivity contribution in [3.8, 4) is 0 Å². The molecule has 0 bridgehead atoms. The van der Waals surface area contributed by atoms with Crippen LogP contribution in [-0.4, -0.2) is 28.7 Å². The van der Waals surface area contributed by atoms with Crippen molar-refractivity contribution >= 4 is 27.7 Å². The minimum Gasteiger partial charge on any atom is -0.368 e. The van der Waals surface area contributed by atoms with Gasteiger partial charge in [-0.25, -0.2) is 0 Å². The first-order valence-electron chi connectivity index (χ1n) is 6.96. The summed E-state index contributed by atoms with van der Waals surface area (Å²) in [6.45, 7) is 0. The van der Waals surface area contributed by atoms with Gasteiger partial charge >= 0.3 is 6.18 Å². The Hall–Kier alpha value is -2.42. The molecular weight excluding hydrogens is 403 g/mol. The van der Waals surface area contributed by atoms with Gasteiger partial charge in [0.15, 0.2) is 0 Å². The van der Waals surface area contributed by atoms with Crippen LogP contribution in [0.25, 0.3) is 0 Å². The number of nitrogens with two attached hydrogens (primary N) is 1. The van der Waals surface area contributed by atoms with E-state index in [1.807, 2.05) is 0 Å². The van der Waals surface area contributed by atoms with Gasteiger partial charge in [0, 0.05) is 17.7 Å². The Morgan fingerprint density at radius 1 is 1.24 bits per heavy atom. The number of amides is 2. The van der Waals surface area contributed by atoms with Crippen molar-refractivity contribution in [1.29, 1.82) is 0 Å². The molecular formula is C16H13BrF3N3O2. The third-order valence-corrected chi connectivity index (χ3v) is 3.94. The molecule has 2 aromatic rings. The molecule has 2 N–H and O–H groups in total. The van der Waals surface area contributed by atoms with Crippen molar-refractivity contribution < 1.29 is 22.8 Å². The van der Waals surface area contributed by atoms with Gasteiger partial charge in [-0.1, -0.05) is 28.1 Å². The quantitative estimate of drug-likeness (QED) is 0.832. The van der Waals surface area contributed by atoms with Crippen LogP contribution in [0, 0.1) is 0 Å². The number of primary amides is 1. The Kier molecular flexibility index (Phi) is 5.46. The summed E-state index contributed by atoms with van der Waals surface area (Å²) in [4.78, 5) is 28.6. The van der Waals surface area contributed by atoms with E-state index in [1.165, 1.54) is 7.05 Å². The molecule has 2 amide bonds. The second kappa shape index (κ2) is 7.22. The average molecular weight is 416 g/mol. The van der Waals surface area contributed by atoms with Gasteiger partial charge in [0.1, 0.15) is 11.7 Å². The molecule has 0 fully saturated rings. The summed E-state index contributed by atoms with van der Waals surface area (Å²) in [5, 5.41) is 0. The number of likely N-dealkylation sites (N-methyl/N-ethyl adjacent to an activating group) is 1. The van der Waals surface area contributed by atoms with Gasteiger partial charge in [-0.3, -0.25) is 14.6 Å². The first-order valence-corrected chi connectivity index (χ1v) is 7.75. The lowest BCUT2D eigenvalue weighted by Gasteiger charge is -2.26. The van der Waals surface area contributed by atoms with Gasteiger partial charge in [0.05, 0.1) is 5.56 Å². The zero-order valence-electron chi connectivity index (χ0n) is 12.9. The second-order valence-electron chi connectivity index (χ2n) is 5.21. The molecule has 0 unspecified atom stereocenters. The Bertz CT molecular complexity index is 794. The van der Waals surface area contributed by atoms with Crippen molar-refractivity contribution in [2.75, 3.05) is 7.05 Å². The number of rotatable bonds is 4. The fourth-order valence-corrected chi connectivity index (χ4v) is 2.68. The summed E-state index contributed by atoms with van der Waals surface area (Å²) < 4.78 is 38.3. The summed E-state index contributed by atoms with van der Waals surface area (Å²) in [5.74, 6) is -1.45. The first kappa shape index (κ1) is 18.9. The highest BCUT2D eigenvalue weighted by Gasteiger charge is 2.33. The number of carbonyl (C=O) groups is 2. The van der Waals surface area contributed by atoms with E-state index in [1.54, 1.807) is 24.3 Å². The maximum absolute atomic E-state index is 12.5. The van der Waals surface area contributed by atoms with Crippen molar-refractivity contribution in [2.45, 2.75) is 12.2 Å². The number of benzene rings is 1. The molecule has 0 saturated carbocycles.